The topological polar surface area (TPSA) is 86.7 Å². The van der Waals surface area contributed by atoms with E-state index in [1.165, 1.54) is 0 Å². The van der Waals surface area contributed by atoms with E-state index < -0.39 is 39.4 Å². The van der Waals surface area contributed by atoms with Gasteiger partial charge >= 0.3 is 15.6 Å². The molecular formula is C9H7F3O6S. The molecule has 0 aromatic rings. The summed E-state index contributed by atoms with van der Waals surface area (Å²) in [4.78, 5) is 22.6. The summed E-state index contributed by atoms with van der Waals surface area (Å²) in [5.41, 5.74) is -6.11. The van der Waals surface area contributed by atoms with E-state index in [0.29, 0.717) is 6.08 Å². The second-order valence-corrected chi connectivity index (χ2v) is 4.88. The second kappa shape index (κ2) is 5.13. The van der Waals surface area contributed by atoms with Crippen molar-refractivity contribution in [3.8, 4) is 0 Å². The Morgan fingerprint density at radius 1 is 1.16 bits per heavy atom. The number of methoxy groups -OCH3 is 1. The van der Waals surface area contributed by atoms with Crippen molar-refractivity contribution in [3.05, 3.63) is 23.5 Å². The number of alkyl halides is 3. The van der Waals surface area contributed by atoms with Crippen LogP contribution in [0.2, 0.25) is 0 Å². The summed E-state index contributed by atoms with van der Waals surface area (Å²) in [5.74, 6) is -1.94. The highest BCUT2D eigenvalue weighted by atomic mass is 32.2. The number of rotatable bonds is 4. The number of ether oxygens (including phenoxy) is 1. The molecule has 0 radical (unpaired) electrons. The predicted molar refractivity (Wildman–Crippen MR) is 54.1 cm³/mol. The first-order valence-electron chi connectivity index (χ1n) is 4.59. The van der Waals surface area contributed by atoms with Crippen molar-refractivity contribution in [3.63, 3.8) is 0 Å². The van der Waals surface area contributed by atoms with Gasteiger partial charge in [-0.15, -0.1) is 0 Å². The number of carbonyl (C=O) groups is 2. The highest BCUT2D eigenvalue weighted by molar-refractivity contribution is 7.87. The van der Waals surface area contributed by atoms with Crippen LogP contribution in [0.1, 0.15) is 0 Å². The second-order valence-electron chi connectivity index (χ2n) is 3.27. The summed E-state index contributed by atoms with van der Waals surface area (Å²) in [6, 6.07) is 0. The summed E-state index contributed by atoms with van der Waals surface area (Å²) in [6.45, 7) is -1.18. The zero-order valence-corrected chi connectivity index (χ0v) is 10.2. The van der Waals surface area contributed by atoms with Gasteiger partial charge in [0.15, 0.2) is 11.5 Å². The molecule has 0 aliphatic heterocycles. The monoisotopic (exact) mass is 300 g/mol. The molecule has 0 heterocycles. The molecule has 0 spiro atoms. The van der Waals surface area contributed by atoms with Crippen LogP contribution in [0.15, 0.2) is 23.5 Å². The van der Waals surface area contributed by atoms with Crippen LogP contribution < -0.4 is 0 Å². The first-order valence-corrected chi connectivity index (χ1v) is 6.00. The van der Waals surface area contributed by atoms with Crippen LogP contribution in [0.25, 0.3) is 0 Å². The van der Waals surface area contributed by atoms with Crippen molar-refractivity contribution in [2.24, 2.45) is 0 Å². The summed E-state index contributed by atoms with van der Waals surface area (Å²) >= 11 is 0. The van der Waals surface area contributed by atoms with Crippen LogP contribution in [0.3, 0.4) is 0 Å². The minimum absolute atomic E-state index is 0.299. The summed E-state index contributed by atoms with van der Waals surface area (Å²) in [6.07, 6.45) is 1.40. The average Bonchev–Trinajstić information content (AvgIpc) is 2.28. The van der Waals surface area contributed by atoms with Crippen molar-refractivity contribution in [2.75, 3.05) is 13.7 Å². The first kappa shape index (κ1) is 15.4. The maximum Gasteiger partial charge on any atom is 0.523 e. The van der Waals surface area contributed by atoms with Gasteiger partial charge in [0.05, 0.1) is 13.7 Å². The van der Waals surface area contributed by atoms with Crippen LogP contribution in [-0.4, -0.2) is 39.2 Å². The van der Waals surface area contributed by atoms with E-state index in [4.69, 9.17) is 0 Å². The van der Waals surface area contributed by atoms with Gasteiger partial charge in [-0.1, -0.05) is 0 Å². The highest BCUT2D eigenvalue weighted by Crippen LogP contribution is 2.25. The van der Waals surface area contributed by atoms with Gasteiger partial charge in [0.25, 0.3) is 0 Å². The van der Waals surface area contributed by atoms with E-state index in [1.54, 1.807) is 0 Å². The summed E-state index contributed by atoms with van der Waals surface area (Å²) in [7, 11) is -4.69. The highest BCUT2D eigenvalue weighted by Gasteiger charge is 2.47. The maximum absolute atomic E-state index is 12.0. The average molecular weight is 300 g/mol. The smallest absolute Gasteiger partial charge is 0.493 e. The Labute approximate surface area is 105 Å². The quantitative estimate of drug-likeness (QED) is 0.426. The number of hydrogen-bond donors (Lipinski definition) is 0. The number of hydrogen-bond acceptors (Lipinski definition) is 6. The van der Waals surface area contributed by atoms with Gasteiger partial charge in [-0.2, -0.15) is 21.6 Å². The molecule has 0 unspecified atom stereocenters. The first-order chi connectivity index (χ1) is 8.58. The lowest BCUT2D eigenvalue weighted by atomic mass is 10.0. The molecule has 0 saturated carbocycles. The molecule has 0 bridgehead atoms. The van der Waals surface area contributed by atoms with Crippen LogP contribution >= 0.6 is 0 Å². The van der Waals surface area contributed by atoms with Gasteiger partial charge in [-0.25, -0.2) is 0 Å². The van der Waals surface area contributed by atoms with Crippen molar-refractivity contribution in [1.82, 2.24) is 0 Å². The molecule has 0 amide bonds. The largest absolute Gasteiger partial charge is 0.523 e. The summed E-state index contributed by atoms with van der Waals surface area (Å²) in [5, 5.41) is 0. The number of allylic oxidation sites excluding steroid dienone is 2. The van der Waals surface area contributed by atoms with Crippen molar-refractivity contribution < 1.29 is 40.1 Å². The molecule has 0 aromatic carbocycles. The van der Waals surface area contributed by atoms with Gasteiger partial charge in [-0.3, -0.25) is 13.8 Å². The van der Waals surface area contributed by atoms with E-state index in [2.05, 4.69) is 8.92 Å². The Morgan fingerprint density at radius 2 is 1.74 bits per heavy atom. The molecule has 0 aromatic heterocycles. The van der Waals surface area contributed by atoms with Crippen LogP contribution in [0.5, 0.6) is 0 Å². The Hall–Kier alpha value is -1.68. The maximum atomic E-state index is 12.0. The number of ketones is 2. The molecule has 106 valence electrons. The van der Waals surface area contributed by atoms with Gasteiger partial charge in [0, 0.05) is 11.6 Å². The third kappa shape index (κ3) is 3.41. The van der Waals surface area contributed by atoms with Crippen LogP contribution in [0.4, 0.5) is 13.2 Å². The summed E-state index contributed by atoms with van der Waals surface area (Å²) < 4.78 is 65.3. The molecular weight excluding hydrogens is 293 g/mol. The molecule has 1 rings (SSSR count). The lowest BCUT2D eigenvalue weighted by Crippen LogP contribution is -2.27. The van der Waals surface area contributed by atoms with Gasteiger partial charge in [0.2, 0.25) is 5.78 Å². The lowest BCUT2D eigenvalue weighted by molar-refractivity contribution is -0.117. The molecule has 0 N–H and O–H groups in total. The number of carbonyl (C=O) groups excluding carboxylic acids is 2. The molecule has 0 atom stereocenters. The standard InChI is InChI=1S/C9H7F3O6S/c1-17-8-3-6(13)5(2-7(8)14)4-18-19(15,16)9(10,11)12/h2-3H,4H2,1H3. The number of halogens is 3. The van der Waals surface area contributed by atoms with Gasteiger partial charge in [0.1, 0.15) is 0 Å². The zero-order valence-electron chi connectivity index (χ0n) is 9.35. The fourth-order valence-electron chi connectivity index (χ4n) is 1.06. The Balaban J connectivity index is 2.82. The molecule has 6 nitrogen and oxygen atoms in total. The van der Waals surface area contributed by atoms with Crippen molar-refractivity contribution in [2.45, 2.75) is 5.51 Å². The molecule has 1 aliphatic carbocycles. The minimum atomic E-state index is -5.81. The van der Waals surface area contributed by atoms with Crippen molar-refractivity contribution >= 4 is 21.7 Å². The predicted octanol–water partition coefficient (Wildman–Crippen LogP) is 0.461. The normalized spacial score (nSPS) is 17.1. The Bertz CT molecular complexity index is 569. The third-order valence-corrected chi connectivity index (χ3v) is 2.99. The van der Waals surface area contributed by atoms with E-state index in [9.17, 15) is 31.2 Å². The Kier molecular flexibility index (Phi) is 4.15. The SMILES string of the molecule is COC1=CC(=O)C(COS(=O)(=O)C(F)(F)F)=CC1=O. The van der Waals surface area contributed by atoms with Gasteiger partial charge < -0.3 is 4.74 Å². The van der Waals surface area contributed by atoms with Crippen LogP contribution in [0, 0.1) is 0 Å². The molecule has 0 fully saturated rings. The van der Waals surface area contributed by atoms with E-state index in [-0.39, 0.29) is 5.76 Å². The van der Waals surface area contributed by atoms with Crippen LogP contribution in [-0.2, 0) is 28.6 Å². The lowest BCUT2D eigenvalue weighted by Gasteiger charge is -2.12. The Morgan fingerprint density at radius 3 is 2.21 bits per heavy atom. The third-order valence-electron chi connectivity index (χ3n) is 2.00. The van der Waals surface area contributed by atoms with E-state index >= 15 is 0 Å². The molecule has 1 aliphatic rings. The molecule has 19 heavy (non-hydrogen) atoms. The van der Waals surface area contributed by atoms with E-state index in [0.717, 1.165) is 13.2 Å². The zero-order chi connectivity index (χ0) is 14.8. The van der Waals surface area contributed by atoms with Crippen molar-refractivity contribution in [1.29, 1.82) is 0 Å². The fourth-order valence-corrected chi connectivity index (χ4v) is 1.48. The molecule has 0 saturated heterocycles. The fraction of sp³-hybridized carbons (Fsp3) is 0.333. The van der Waals surface area contributed by atoms with Gasteiger partial charge in [-0.05, 0) is 6.08 Å². The van der Waals surface area contributed by atoms with E-state index in [1.807, 2.05) is 0 Å². The minimum Gasteiger partial charge on any atom is -0.493 e. The molecule has 10 heteroatoms.